The van der Waals surface area contributed by atoms with E-state index in [0.29, 0.717) is 6.61 Å². The summed E-state index contributed by atoms with van der Waals surface area (Å²) in [5.74, 6) is 2.70. The molecular formula is C18H27ClN2O2. The number of nitrogens with one attached hydrogen (secondary N) is 1. The van der Waals surface area contributed by atoms with Gasteiger partial charge in [0.15, 0.2) is 0 Å². The normalized spacial score (nSPS) is 30.2. The molecule has 1 aromatic rings. The van der Waals surface area contributed by atoms with E-state index in [0.717, 1.165) is 37.2 Å². The molecule has 0 bridgehead atoms. The van der Waals surface area contributed by atoms with Crippen molar-refractivity contribution in [2.24, 2.45) is 11.8 Å². The van der Waals surface area contributed by atoms with Crippen LogP contribution in [0.2, 0.25) is 0 Å². The van der Waals surface area contributed by atoms with Gasteiger partial charge in [-0.25, -0.2) is 0 Å². The van der Waals surface area contributed by atoms with Crippen molar-refractivity contribution < 1.29 is 9.47 Å². The van der Waals surface area contributed by atoms with Crippen LogP contribution < -0.4 is 10.1 Å². The first kappa shape index (κ1) is 17.0. The van der Waals surface area contributed by atoms with Crippen LogP contribution in [0.15, 0.2) is 24.3 Å². The van der Waals surface area contributed by atoms with Gasteiger partial charge in [-0.2, -0.15) is 0 Å². The third-order valence-electron chi connectivity index (χ3n) is 5.25. The molecule has 0 aromatic heterocycles. The molecule has 128 valence electrons. The average molecular weight is 339 g/mol. The molecule has 3 saturated heterocycles. The number of hydrogen-bond acceptors (Lipinski definition) is 4. The SMILES string of the molecule is Cl.c1cc(OCC2CCCO2)ccc1CN1C[C@H]2CNC[C@H]2C1. The predicted molar refractivity (Wildman–Crippen MR) is 93.3 cm³/mol. The number of halogens is 1. The van der Waals surface area contributed by atoms with Crippen molar-refractivity contribution in [3.8, 4) is 5.75 Å². The van der Waals surface area contributed by atoms with Crippen LogP contribution in [0.1, 0.15) is 18.4 Å². The van der Waals surface area contributed by atoms with Crippen molar-refractivity contribution in [2.75, 3.05) is 39.4 Å². The summed E-state index contributed by atoms with van der Waals surface area (Å²) in [6, 6.07) is 8.61. The number of hydrogen-bond donors (Lipinski definition) is 1. The van der Waals surface area contributed by atoms with Crippen LogP contribution in [0, 0.1) is 11.8 Å². The second-order valence-corrected chi connectivity index (χ2v) is 6.96. The van der Waals surface area contributed by atoms with E-state index in [4.69, 9.17) is 9.47 Å². The van der Waals surface area contributed by atoms with Crippen LogP contribution >= 0.6 is 12.4 Å². The molecule has 3 aliphatic heterocycles. The van der Waals surface area contributed by atoms with Crippen LogP contribution in [0.4, 0.5) is 0 Å². The molecule has 0 radical (unpaired) electrons. The minimum absolute atomic E-state index is 0. The standard InChI is InChI=1S/C18H26N2O2.ClH/c1-2-18(21-7-1)13-22-17-5-3-14(4-6-17)10-20-11-15-8-19-9-16(15)12-20;/h3-6,15-16,18-19H,1-2,7-13H2;1H/t15-,16+,18?;. The number of benzene rings is 1. The Labute approximate surface area is 144 Å². The molecular weight excluding hydrogens is 312 g/mol. The Balaban J connectivity index is 0.00000156. The van der Waals surface area contributed by atoms with Gasteiger partial charge in [0.1, 0.15) is 12.4 Å². The molecule has 0 spiro atoms. The lowest BCUT2D eigenvalue weighted by atomic mass is 10.0. The Bertz CT molecular complexity index is 478. The molecule has 1 aromatic carbocycles. The molecule has 23 heavy (non-hydrogen) atoms. The van der Waals surface area contributed by atoms with Crippen LogP contribution in [0.3, 0.4) is 0 Å². The topological polar surface area (TPSA) is 33.7 Å². The summed E-state index contributed by atoms with van der Waals surface area (Å²) in [6.07, 6.45) is 2.59. The van der Waals surface area contributed by atoms with Gasteiger partial charge >= 0.3 is 0 Å². The maximum absolute atomic E-state index is 5.83. The van der Waals surface area contributed by atoms with Gasteiger partial charge in [-0.3, -0.25) is 4.90 Å². The highest BCUT2D eigenvalue weighted by Gasteiger charge is 2.35. The Morgan fingerprint density at radius 3 is 2.52 bits per heavy atom. The number of ether oxygens (including phenoxy) is 2. The second-order valence-electron chi connectivity index (χ2n) is 6.96. The number of likely N-dealkylation sites (tertiary alicyclic amines) is 1. The molecule has 0 aliphatic carbocycles. The lowest BCUT2D eigenvalue weighted by molar-refractivity contribution is 0.0679. The van der Waals surface area contributed by atoms with E-state index in [9.17, 15) is 0 Å². The molecule has 0 amide bonds. The lowest BCUT2D eigenvalue weighted by Gasteiger charge is -2.17. The predicted octanol–water partition coefficient (Wildman–Crippen LogP) is 2.32. The zero-order valence-corrected chi connectivity index (χ0v) is 14.4. The molecule has 4 rings (SSSR count). The third-order valence-corrected chi connectivity index (χ3v) is 5.25. The molecule has 3 fully saturated rings. The minimum atomic E-state index is 0. The highest BCUT2D eigenvalue weighted by Crippen LogP contribution is 2.27. The number of fused-ring (bicyclic) bond motifs is 1. The van der Waals surface area contributed by atoms with Gasteiger partial charge in [0.25, 0.3) is 0 Å². The summed E-state index contributed by atoms with van der Waals surface area (Å²) < 4.78 is 11.4. The van der Waals surface area contributed by atoms with E-state index in [1.807, 2.05) is 0 Å². The van der Waals surface area contributed by atoms with E-state index >= 15 is 0 Å². The molecule has 5 heteroatoms. The Morgan fingerprint density at radius 1 is 1.13 bits per heavy atom. The summed E-state index contributed by atoms with van der Waals surface area (Å²) in [4.78, 5) is 2.60. The fourth-order valence-electron chi connectivity index (χ4n) is 4.00. The maximum atomic E-state index is 5.83. The first-order valence-electron chi connectivity index (χ1n) is 8.63. The van der Waals surface area contributed by atoms with Crippen LogP contribution in [-0.2, 0) is 11.3 Å². The van der Waals surface area contributed by atoms with Crippen molar-refractivity contribution in [1.82, 2.24) is 10.2 Å². The average Bonchev–Trinajstić information content (AvgIpc) is 3.23. The van der Waals surface area contributed by atoms with Gasteiger partial charge in [0.05, 0.1) is 6.10 Å². The number of nitrogens with zero attached hydrogens (tertiary/aromatic N) is 1. The van der Waals surface area contributed by atoms with E-state index in [2.05, 4.69) is 34.5 Å². The molecule has 3 heterocycles. The van der Waals surface area contributed by atoms with Gasteiger partial charge in [0.2, 0.25) is 0 Å². The van der Waals surface area contributed by atoms with Gasteiger partial charge < -0.3 is 14.8 Å². The molecule has 3 atom stereocenters. The van der Waals surface area contributed by atoms with E-state index < -0.39 is 0 Å². The van der Waals surface area contributed by atoms with Gasteiger partial charge in [-0.15, -0.1) is 12.4 Å². The first-order chi connectivity index (χ1) is 10.9. The van der Waals surface area contributed by atoms with E-state index in [-0.39, 0.29) is 18.5 Å². The van der Waals surface area contributed by atoms with Gasteiger partial charge in [-0.1, -0.05) is 12.1 Å². The maximum Gasteiger partial charge on any atom is 0.119 e. The van der Waals surface area contributed by atoms with Crippen molar-refractivity contribution in [2.45, 2.75) is 25.5 Å². The Hall–Kier alpha value is -0.810. The minimum Gasteiger partial charge on any atom is -0.491 e. The summed E-state index contributed by atoms with van der Waals surface area (Å²) in [7, 11) is 0. The molecule has 0 saturated carbocycles. The zero-order valence-electron chi connectivity index (χ0n) is 13.6. The van der Waals surface area contributed by atoms with Crippen LogP contribution in [-0.4, -0.2) is 50.4 Å². The van der Waals surface area contributed by atoms with Crippen molar-refractivity contribution in [3.05, 3.63) is 29.8 Å². The highest BCUT2D eigenvalue weighted by atomic mass is 35.5. The lowest BCUT2D eigenvalue weighted by Crippen LogP contribution is -2.25. The molecule has 1 N–H and O–H groups in total. The van der Waals surface area contributed by atoms with Crippen molar-refractivity contribution in [3.63, 3.8) is 0 Å². The highest BCUT2D eigenvalue weighted by molar-refractivity contribution is 5.85. The molecule has 1 unspecified atom stereocenters. The molecule has 3 aliphatic rings. The van der Waals surface area contributed by atoms with Crippen LogP contribution in [0.25, 0.3) is 0 Å². The van der Waals surface area contributed by atoms with E-state index in [1.165, 1.54) is 38.2 Å². The third kappa shape index (κ3) is 4.18. The quantitative estimate of drug-likeness (QED) is 0.893. The monoisotopic (exact) mass is 338 g/mol. The Kier molecular flexibility index (Phi) is 5.81. The smallest absolute Gasteiger partial charge is 0.119 e. The van der Waals surface area contributed by atoms with E-state index in [1.54, 1.807) is 0 Å². The summed E-state index contributed by atoms with van der Waals surface area (Å²) in [6.45, 7) is 7.54. The van der Waals surface area contributed by atoms with Crippen molar-refractivity contribution >= 4 is 12.4 Å². The fourth-order valence-corrected chi connectivity index (χ4v) is 4.00. The summed E-state index contributed by atoms with van der Waals surface area (Å²) >= 11 is 0. The first-order valence-corrected chi connectivity index (χ1v) is 8.63. The summed E-state index contributed by atoms with van der Waals surface area (Å²) in [5.41, 5.74) is 1.39. The fraction of sp³-hybridized carbons (Fsp3) is 0.667. The van der Waals surface area contributed by atoms with Crippen molar-refractivity contribution in [1.29, 1.82) is 0 Å². The Morgan fingerprint density at radius 2 is 1.87 bits per heavy atom. The van der Waals surface area contributed by atoms with Crippen LogP contribution in [0.5, 0.6) is 5.75 Å². The van der Waals surface area contributed by atoms with Gasteiger partial charge in [0, 0.05) is 26.2 Å². The summed E-state index contributed by atoms with van der Waals surface area (Å²) in [5, 5.41) is 3.50. The number of rotatable bonds is 5. The van der Waals surface area contributed by atoms with Gasteiger partial charge in [-0.05, 0) is 55.5 Å². The second kappa shape index (κ2) is 7.84. The molecule has 4 nitrogen and oxygen atoms in total. The zero-order chi connectivity index (χ0) is 14.8. The largest absolute Gasteiger partial charge is 0.491 e.